The van der Waals surface area contributed by atoms with Crippen molar-refractivity contribution in [2.24, 2.45) is 0 Å². The summed E-state index contributed by atoms with van der Waals surface area (Å²) >= 11 is 0. The molecule has 3 heterocycles. The molecule has 6 heteroatoms. The van der Waals surface area contributed by atoms with Gasteiger partial charge in [0, 0.05) is 44.4 Å². The van der Waals surface area contributed by atoms with E-state index in [-0.39, 0.29) is 12.2 Å². The molecule has 0 saturated carbocycles. The third-order valence-corrected chi connectivity index (χ3v) is 5.86. The van der Waals surface area contributed by atoms with Crippen LogP contribution in [0.15, 0.2) is 30.5 Å². The minimum absolute atomic E-state index is 0.207. The Morgan fingerprint density at radius 3 is 2.07 bits per heavy atom. The standard InChI is InChI=1S/C22H30N4O2/c1-16-2-4-17(5-3-16)14-18-15-23-22(26-12-8-20(28)9-13-26)24-21(18)25-10-6-19(27)7-11-25/h2-5,15,19-20,27-28H,6-14H2,1H3. The fraction of sp³-hybridized carbons (Fsp3) is 0.545. The van der Waals surface area contributed by atoms with Crippen LogP contribution in [0.25, 0.3) is 0 Å². The Morgan fingerprint density at radius 2 is 1.46 bits per heavy atom. The summed E-state index contributed by atoms with van der Waals surface area (Å²) in [7, 11) is 0. The van der Waals surface area contributed by atoms with Crippen molar-refractivity contribution in [2.75, 3.05) is 36.0 Å². The van der Waals surface area contributed by atoms with Gasteiger partial charge in [0.25, 0.3) is 0 Å². The molecule has 0 bridgehead atoms. The quantitative estimate of drug-likeness (QED) is 0.845. The van der Waals surface area contributed by atoms with Gasteiger partial charge in [0.1, 0.15) is 5.82 Å². The number of nitrogens with zero attached hydrogens (tertiary/aromatic N) is 4. The molecule has 1 aromatic heterocycles. The highest BCUT2D eigenvalue weighted by Gasteiger charge is 2.24. The fourth-order valence-electron chi connectivity index (χ4n) is 4.01. The molecule has 2 saturated heterocycles. The summed E-state index contributed by atoms with van der Waals surface area (Å²) < 4.78 is 0. The van der Waals surface area contributed by atoms with Gasteiger partial charge in [0.2, 0.25) is 5.95 Å². The first-order chi connectivity index (χ1) is 13.6. The molecule has 0 aliphatic carbocycles. The number of aliphatic hydroxyl groups excluding tert-OH is 2. The first kappa shape index (κ1) is 19.2. The maximum atomic E-state index is 9.90. The molecular formula is C22H30N4O2. The lowest BCUT2D eigenvalue weighted by Crippen LogP contribution is -2.39. The van der Waals surface area contributed by atoms with Crippen LogP contribution >= 0.6 is 0 Å². The van der Waals surface area contributed by atoms with E-state index >= 15 is 0 Å². The number of piperidine rings is 2. The maximum Gasteiger partial charge on any atom is 0.227 e. The first-order valence-electron chi connectivity index (χ1n) is 10.4. The van der Waals surface area contributed by atoms with Gasteiger partial charge in [-0.1, -0.05) is 29.8 Å². The molecule has 2 aliphatic rings. The number of anilines is 2. The Bertz CT molecular complexity index is 780. The minimum atomic E-state index is -0.208. The molecule has 150 valence electrons. The zero-order valence-electron chi connectivity index (χ0n) is 16.6. The number of hydrogen-bond donors (Lipinski definition) is 2. The molecule has 0 atom stereocenters. The van der Waals surface area contributed by atoms with Gasteiger partial charge in [-0.3, -0.25) is 0 Å². The van der Waals surface area contributed by atoms with E-state index in [1.54, 1.807) is 0 Å². The molecule has 0 unspecified atom stereocenters. The summed E-state index contributed by atoms with van der Waals surface area (Å²) in [5, 5.41) is 19.7. The van der Waals surface area contributed by atoms with Gasteiger partial charge in [-0.05, 0) is 38.2 Å². The van der Waals surface area contributed by atoms with Crippen LogP contribution in [0.3, 0.4) is 0 Å². The van der Waals surface area contributed by atoms with Crippen molar-refractivity contribution >= 4 is 11.8 Å². The van der Waals surface area contributed by atoms with Gasteiger partial charge < -0.3 is 20.0 Å². The highest BCUT2D eigenvalue weighted by molar-refractivity contribution is 5.52. The lowest BCUT2D eigenvalue weighted by molar-refractivity contribution is 0.145. The third-order valence-electron chi connectivity index (χ3n) is 5.86. The van der Waals surface area contributed by atoms with Gasteiger partial charge in [-0.15, -0.1) is 0 Å². The average molecular weight is 383 g/mol. The number of aromatic nitrogens is 2. The SMILES string of the molecule is Cc1ccc(Cc2cnc(N3CCC(O)CC3)nc2N2CCC(O)CC2)cc1. The number of benzene rings is 1. The van der Waals surface area contributed by atoms with Gasteiger partial charge >= 0.3 is 0 Å². The summed E-state index contributed by atoms with van der Waals surface area (Å²) in [6, 6.07) is 8.61. The number of aryl methyl sites for hydroxylation is 1. The van der Waals surface area contributed by atoms with E-state index in [9.17, 15) is 10.2 Å². The smallest absolute Gasteiger partial charge is 0.227 e. The van der Waals surface area contributed by atoms with E-state index in [1.165, 1.54) is 11.1 Å². The van der Waals surface area contributed by atoms with E-state index in [0.717, 1.165) is 75.6 Å². The second-order valence-electron chi connectivity index (χ2n) is 8.12. The monoisotopic (exact) mass is 382 g/mol. The summed E-state index contributed by atoms with van der Waals surface area (Å²) in [4.78, 5) is 14.1. The van der Waals surface area contributed by atoms with Crippen molar-refractivity contribution < 1.29 is 10.2 Å². The highest BCUT2D eigenvalue weighted by atomic mass is 16.3. The molecular weight excluding hydrogens is 352 g/mol. The van der Waals surface area contributed by atoms with Crippen LogP contribution in [0.5, 0.6) is 0 Å². The fourth-order valence-corrected chi connectivity index (χ4v) is 4.01. The van der Waals surface area contributed by atoms with Gasteiger partial charge in [-0.25, -0.2) is 4.98 Å². The van der Waals surface area contributed by atoms with Crippen molar-refractivity contribution in [1.29, 1.82) is 0 Å². The van der Waals surface area contributed by atoms with Crippen LogP contribution in [0.1, 0.15) is 42.4 Å². The molecule has 2 N–H and O–H groups in total. The van der Waals surface area contributed by atoms with Gasteiger partial charge in [-0.2, -0.15) is 4.98 Å². The molecule has 28 heavy (non-hydrogen) atoms. The van der Waals surface area contributed by atoms with Crippen molar-refractivity contribution in [3.05, 3.63) is 47.2 Å². The zero-order valence-corrected chi connectivity index (χ0v) is 16.6. The van der Waals surface area contributed by atoms with Crippen molar-refractivity contribution in [3.63, 3.8) is 0 Å². The maximum absolute atomic E-state index is 9.90. The Balaban J connectivity index is 1.61. The second kappa shape index (κ2) is 8.45. The van der Waals surface area contributed by atoms with Gasteiger partial charge in [0.05, 0.1) is 12.2 Å². The van der Waals surface area contributed by atoms with Gasteiger partial charge in [0.15, 0.2) is 0 Å². The van der Waals surface area contributed by atoms with Crippen LogP contribution in [0, 0.1) is 6.92 Å². The van der Waals surface area contributed by atoms with Crippen LogP contribution in [-0.2, 0) is 6.42 Å². The number of aliphatic hydroxyl groups is 2. The Labute approximate surface area is 166 Å². The molecule has 1 aromatic carbocycles. The lowest BCUT2D eigenvalue weighted by Gasteiger charge is -2.34. The number of rotatable bonds is 4. The summed E-state index contributed by atoms with van der Waals surface area (Å²) in [6.07, 6.45) is 5.43. The Hall–Kier alpha value is -2.18. The predicted octanol–water partition coefficient (Wildman–Crippen LogP) is 2.30. The summed E-state index contributed by atoms with van der Waals surface area (Å²) in [6.45, 7) is 5.31. The van der Waals surface area contributed by atoms with E-state index in [4.69, 9.17) is 4.98 Å². The topological polar surface area (TPSA) is 72.7 Å². The Morgan fingerprint density at radius 1 is 0.893 bits per heavy atom. The predicted molar refractivity (Wildman–Crippen MR) is 111 cm³/mol. The summed E-state index contributed by atoms with van der Waals surface area (Å²) in [5.74, 6) is 1.74. The van der Waals surface area contributed by atoms with E-state index < -0.39 is 0 Å². The Kier molecular flexibility index (Phi) is 5.78. The van der Waals surface area contributed by atoms with Crippen LogP contribution in [0.2, 0.25) is 0 Å². The first-order valence-corrected chi connectivity index (χ1v) is 10.4. The molecule has 2 aromatic rings. The minimum Gasteiger partial charge on any atom is -0.393 e. The molecule has 6 nitrogen and oxygen atoms in total. The third kappa shape index (κ3) is 4.45. The normalized spacial score (nSPS) is 19.2. The van der Waals surface area contributed by atoms with E-state index in [0.29, 0.717) is 0 Å². The van der Waals surface area contributed by atoms with E-state index in [2.05, 4.69) is 46.0 Å². The van der Waals surface area contributed by atoms with Crippen LogP contribution < -0.4 is 9.80 Å². The molecule has 2 aliphatic heterocycles. The second-order valence-corrected chi connectivity index (χ2v) is 8.12. The molecule has 4 rings (SSSR count). The van der Waals surface area contributed by atoms with Crippen LogP contribution in [0.4, 0.5) is 11.8 Å². The van der Waals surface area contributed by atoms with Crippen molar-refractivity contribution in [3.8, 4) is 0 Å². The zero-order chi connectivity index (χ0) is 19.5. The molecule has 0 spiro atoms. The molecule has 0 amide bonds. The molecule has 2 fully saturated rings. The summed E-state index contributed by atoms with van der Waals surface area (Å²) in [5.41, 5.74) is 3.63. The van der Waals surface area contributed by atoms with Crippen molar-refractivity contribution in [1.82, 2.24) is 9.97 Å². The van der Waals surface area contributed by atoms with Crippen LogP contribution in [-0.4, -0.2) is 58.6 Å². The largest absolute Gasteiger partial charge is 0.393 e. The average Bonchev–Trinajstić information content (AvgIpc) is 2.71. The molecule has 0 radical (unpaired) electrons. The van der Waals surface area contributed by atoms with Crippen molar-refractivity contribution in [2.45, 2.75) is 51.2 Å². The highest BCUT2D eigenvalue weighted by Crippen LogP contribution is 2.27. The lowest BCUT2D eigenvalue weighted by atomic mass is 10.0. The van der Waals surface area contributed by atoms with E-state index in [1.807, 2.05) is 6.20 Å². The number of hydrogen-bond acceptors (Lipinski definition) is 6.